The highest BCUT2D eigenvalue weighted by molar-refractivity contribution is 5.55. The van der Waals surface area contributed by atoms with Gasteiger partial charge in [0.1, 0.15) is 11.4 Å². The van der Waals surface area contributed by atoms with E-state index in [9.17, 15) is 0 Å². The van der Waals surface area contributed by atoms with Crippen LogP contribution in [0.2, 0.25) is 0 Å². The number of hydrogen-bond donors (Lipinski definition) is 1. The summed E-state index contributed by atoms with van der Waals surface area (Å²) < 4.78 is 11.6. The molecule has 112 valence electrons. The highest BCUT2D eigenvalue weighted by Gasteiger charge is 2.24. The molecule has 0 unspecified atom stereocenters. The Bertz CT molecular complexity index is 461. The highest BCUT2D eigenvalue weighted by atomic mass is 16.5. The minimum absolute atomic E-state index is 0.199. The fraction of sp³-hybridized carbons (Fsp3) is 0.667. The molecule has 0 saturated carbocycles. The van der Waals surface area contributed by atoms with Gasteiger partial charge >= 0.3 is 0 Å². The van der Waals surface area contributed by atoms with Crippen LogP contribution >= 0.6 is 0 Å². The average molecular weight is 279 g/mol. The molecular weight excluding hydrogens is 254 g/mol. The first-order valence-electron chi connectivity index (χ1n) is 7.10. The minimum Gasteiger partial charge on any atom is -0.470 e. The Hall–Kier alpha value is -1.49. The summed E-state index contributed by atoms with van der Waals surface area (Å²) in [6.45, 7) is 11.8. The van der Waals surface area contributed by atoms with Crippen LogP contribution in [0.4, 0.5) is 11.5 Å². The van der Waals surface area contributed by atoms with Crippen LogP contribution in [-0.4, -0.2) is 35.9 Å². The predicted molar refractivity (Wildman–Crippen MR) is 81.3 cm³/mol. The molecule has 1 aromatic rings. The van der Waals surface area contributed by atoms with Gasteiger partial charge in [-0.05, 0) is 46.8 Å². The molecule has 1 saturated heterocycles. The zero-order chi connectivity index (χ0) is 14.9. The topological polar surface area (TPSA) is 60.6 Å². The minimum atomic E-state index is -0.314. The van der Waals surface area contributed by atoms with Gasteiger partial charge in [-0.25, -0.2) is 0 Å². The van der Waals surface area contributed by atoms with Crippen LogP contribution in [0.15, 0.2) is 12.1 Å². The third kappa shape index (κ3) is 3.76. The molecule has 1 fully saturated rings. The lowest BCUT2D eigenvalue weighted by molar-refractivity contribution is -0.00553. The molecule has 1 aliphatic heterocycles. The standard InChI is InChI=1S/C15H25N3O2/c1-10-8-18(9-11(2)19-10)13-7-6-12(16)14(17-13)20-15(3,4)5/h6-7,10-11H,8-9,16H2,1-5H3/t10-,11+. The first-order valence-corrected chi connectivity index (χ1v) is 7.10. The fourth-order valence-corrected chi connectivity index (χ4v) is 2.35. The third-order valence-electron chi connectivity index (χ3n) is 3.02. The van der Waals surface area contributed by atoms with Gasteiger partial charge in [-0.3, -0.25) is 0 Å². The van der Waals surface area contributed by atoms with E-state index >= 15 is 0 Å². The van der Waals surface area contributed by atoms with Gasteiger partial charge in [0.25, 0.3) is 0 Å². The summed E-state index contributed by atoms with van der Waals surface area (Å²) in [5.41, 5.74) is 6.20. The van der Waals surface area contributed by atoms with Gasteiger partial charge < -0.3 is 20.1 Å². The highest BCUT2D eigenvalue weighted by Crippen LogP contribution is 2.27. The smallest absolute Gasteiger partial charge is 0.239 e. The molecule has 1 aromatic heterocycles. The maximum absolute atomic E-state index is 5.95. The molecule has 1 aliphatic rings. The van der Waals surface area contributed by atoms with Crippen LogP contribution in [-0.2, 0) is 4.74 Å². The molecule has 5 nitrogen and oxygen atoms in total. The monoisotopic (exact) mass is 279 g/mol. The van der Waals surface area contributed by atoms with Gasteiger partial charge in [0.15, 0.2) is 0 Å². The summed E-state index contributed by atoms with van der Waals surface area (Å²) >= 11 is 0. The van der Waals surface area contributed by atoms with Gasteiger partial charge in [0.05, 0.1) is 17.9 Å². The molecule has 2 atom stereocenters. The number of ether oxygens (including phenoxy) is 2. The second kappa shape index (κ2) is 5.48. The van der Waals surface area contributed by atoms with Crippen molar-refractivity contribution in [2.45, 2.75) is 52.4 Å². The van der Waals surface area contributed by atoms with Crippen molar-refractivity contribution < 1.29 is 9.47 Å². The van der Waals surface area contributed by atoms with Gasteiger partial charge in [0.2, 0.25) is 5.88 Å². The van der Waals surface area contributed by atoms with Crippen LogP contribution in [0.1, 0.15) is 34.6 Å². The molecule has 0 aliphatic carbocycles. The lowest BCUT2D eigenvalue weighted by Gasteiger charge is -2.36. The summed E-state index contributed by atoms with van der Waals surface area (Å²) in [6.07, 6.45) is 0.398. The summed E-state index contributed by atoms with van der Waals surface area (Å²) in [4.78, 5) is 6.79. The van der Waals surface area contributed by atoms with Crippen molar-refractivity contribution in [3.8, 4) is 5.88 Å². The Labute approximate surface area is 121 Å². The Morgan fingerprint density at radius 2 is 1.85 bits per heavy atom. The predicted octanol–water partition coefficient (Wildman–Crippen LogP) is 2.45. The van der Waals surface area contributed by atoms with E-state index in [1.807, 2.05) is 32.9 Å². The van der Waals surface area contributed by atoms with E-state index in [1.54, 1.807) is 0 Å². The SMILES string of the molecule is C[C@@H]1CN(c2ccc(N)c(OC(C)(C)C)n2)C[C@H](C)O1. The number of nitrogens with two attached hydrogens (primary N) is 1. The van der Waals surface area contributed by atoms with Crippen LogP contribution in [0.25, 0.3) is 0 Å². The van der Waals surface area contributed by atoms with E-state index in [4.69, 9.17) is 15.2 Å². The first kappa shape index (κ1) is 14.9. The van der Waals surface area contributed by atoms with Crippen molar-refractivity contribution >= 4 is 11.5 Å². The quantitative estimate of drug-likeness (QED) is 0.901. The zero-order valence-electron chi connectivity index (χ0n) is 13.0. The maximum Gasteiger partial charge on any atom is 0.239 e. The molecule has 2 heterocycles. The Balaban J connectivity index is 2.22. The van der Waals surface area contributed by atoms with E-state index in [-0.39, 0.29) is 17.8 Å². The van der Waals surface area contributed by atoms with Crippen LogP contribution < -0.4 is 15.4 Å². The Morgan fingerprint density at radius 3 is 2.40 bits per heavy atom. The molecular formula is C15H25N3O2. The number of rotatable bonds is 2. The van der Waals surface area contributed by atoms with E-state index in [0.29, 0.717) is 11.6 Å². The summed E-state index contributed by atoms with van der Waals surface area (Å²) in [6, 6.07) is 3.80. The second-order valence-electron chi connectivity index (χ2n) is 6.44. The first-order chi connectivity index (χ1) is 9.24. The number of hydrogen-bond acceptors (Lipinski definition) is 5. The summed E-state index contributed by atoms with van der Waals surface area (Å²) in [5.74, 6) is 1.39. The largest absolute Gasteiger partial charge is 0.470 e. The molecule has 2 rings (SSSR count). The van der Waals surface area contributed by atoms with Gasteiger partial charge in [-0.2, -0.15) is 4.98 Å². The summed E-state index contributed by atoms with van der Waals surface area (Å²) in [5, 5.41) is 0. The van der Waals surface area contributed by atoms with Crippen LogP contribution in [0, 0.1) is 0 Å². The number of anilines is 2. The molecule has 0 bridgehead atoms. The van der Waals surface area contributed by atoms with Crippen molar-refractivity contribution in [1.82, 2.24) is 4.98 Å². The second-order valence-corrected chi connectivity index (χ2v) is 6.44. The van der Waals surface area contributed by atoms with E-state index in [2.05, 4.69) is 23.7 Å². The molecule has 0 radical (unpaired) electrons. The number of nitrogen functional groups attached to an aromatic ring is 1. The van der Waals surface area contributed by atoms with E-state index in [1.165, 1.54) is 0 Å². The third-order valence-corrected chi connectivity index (χ3v) is 3.02. The zero-order valence-corrected chi connectivity index (χ0v) is 13.0. The van der Waals surface area contributed by atoms with E-state index in [0.717, 1.165) is 18.9 Å². The van der Waals surface area contributed by atoms with E-state index < -0.39 is 0 Å². The maximum atomic E-state index is 5.95. The Morgan fingerprint density at radius 1 is 1.25 bits per heavy atom. The van der Waals surface area contributed by atoms with Crippen molar-refractivity contribution in [2.24, 2.45) is 0 Å². The molecule has 0 amide bonds. The van der Waals surface area contributed by atoms with Crippen LogP contribution in [0.5, 0.6) is 5.88 Å². The van der Waals surface area contributed by atoms with Crippen molar-refractivity contribution in [3.63, 3.8) is 0 Å². The van der Waals surface area contributed by atoms with Crippen molar-refractivity contribution in [2.75, 3.05) is 23.7 Å². The molecule has 5 heteroatoms. The van der Waals surface area contributed by atoms with Gasteiger partial charge in [-0.15, -0.1) is 0 Å². The van der Waals surface area contributed by atoms with Crippen molar-refractivity contribution in [1.29, 1.82) is 0 Å². The fourth-order valence-electron chi connectivity index (χ4n) is 2.35. The molecule has 2 N–H and O–H groups in total. The van der Waals surface area contributed by atoms with Gasteiger partial charge in [0, 0.05) is 13.1 Å². The average Bonchev–Trinajstić information content (AvgIpc) is 2.29. The van der Waals surface area contributed by atoms with Gasteiger partial charge in [-0.1, -0.05) is 0 Å². The molecule has 0 spiro atoms. The Kier molecular flexibility index (Phi) is 4.09. The molecule has 0 aromatic carbocycles. The number of morpholine rings is 1. The van der Waals surface area contributed by atoms with Crippen LogP contribution in [0.3, 0.4) is 0 Å². The lowest BCUT2D eigenvalue weighted by atomic mass is 10.2. The number of aromatic nitrogens is 1. The van der Waals surface area contributed by atoms with Crippen molar-refractivity contribution in [3.05, 3.63) is 12.1 Å². The number of nitrogens with zero attached hydrogens (tertiary/aromatic N) is 2. The lowest BCUT2D eigenvalue weighted by Crippen LogP contribution is -2.45. The number of pyridine rings is 1. The normalized spacial score (nSPS) is 23.8. The summed E-state index contributed by atoms with van der Waals surface area (Å²) in [7, 11) is 0. The molecule has 20 heavy (non-hydrogen) atoms.